The summed E-state index contributed by atoms with van der Waals surface area (Å²) in [5, 5.41) is 10.8. The van der Waals surface area contributed by atoms with E-state index in [2.05, 4.69) is 25.5 Å². The molecule has 1 fully saturated rings. The molecule has 2 atom stereocenters. The van der Waals surface area contributed by atoms with Crippen molar-refractivity contribution in [3.05, 3.63) is 83.7 Å². The Balaban J connectivity index is 1.43. The van der Waals surface area contributed by atoms with Crippen LogP contribution in [-0.2, 0) is 4.74 Å². The number of hydrogen-bond acceptors (Lipinski definition) is 7. The van der Waals surface area contributed by atoms with Gasteiger partial charge in [-0.2, -0.15) is 5.10 Å². The lowest BCUT2D eigenvalue weighted by molar-refractivity contribution is 0.159. The van der Waals surface area contributed by atoms with Gasteiger partial charge in [0.15, 0.2) is 0 Å². The summed E-state index contributed by atoms with van der Waals surface area (Å²) in [6.07, 6.45) is 3.21. The molecule has 1 aliphatic heterocycles. The number of methoxy groups -OCH3 is 2. The minimum absolute atomic E-state index is 0.232. The molecule has 12 heteroatoms. The number of aromatic nitrogens is 4. The number of halogens is 2. The van der Waals surface area contributed by atoms with Crippen LogP contribution in [0.15, 0.2) is 60.9 Å². The number of nitrogens with zero attached hydrogens (tertiary/aromatic N) is 5. The fraction of sp³-hybridized carbons (Fsp3) is 0.310. The van der Waals surface area contributed by atoms with E-state index in [-0.39, 0.29) is 11.9 Å². The predicted octanol–water partition coefficient (Wildman–Crippen LogP) is 4.16. The highest BCUT2D eigenvalue weighted by atomic mass is 19.1. The van der Waals surface area contributed by atoms with Crippen LogP contribution in [0.4, 0.5) is 19.4 Å². The van der Waals surface area contributed by atoms with Crippen LogP contribution in [-0.4, -0.2) is 77.2 Å². The number of anilines is 1. The molecule has 2 aromatic heterocycles. The fourth-order valence-corrected chi connectivity index (χ4v) is 5.09. The Labute approximate surface area is 236 Å². The molecule has 2 amide bonds. The van der Waals surface area contributed by atoms with Gasteiger partial charge in [-0.15, -0.1) is 0 Å². The molecule has 3 heterocycles. The van der Waals surface area contributed by atoms with Crippen molar-refractivity contribution in [3.8, 4) is 23.0 Å². The molecule has 1 saturated heterocycles. The monoisotopic (exact) mass is 563 g/mol. The van der Waals surface area contributed by atoms with Gasteiger partial charge in [-0.3, -0.25) is 10.2 Å². The molecule has 0 bridgehead atoms. The van der Waals surface area contributed by atoms with Gasteiger partial charge in [0.1, 0.15) is 23.1 Å². The normalized spacial score (nSPS) is 17.0. The number of likely N-dealkylation sites (tertiary alicyclic amines) is 1. The van der Waals surface area contributed by atoms with Gasteiger partial charge in [0, 0.05) is 62.2 Å². The number of nitrogens with one attached hydrogen (secondary N) is 2. The zero-order chi connectivity index (χ0) is 28.9. The molecule has 0 saturated carbocycles. The molecule has 4 aromatic rings. The smallest absolute Gasteiger partial charge is 0.320 e. The molecule has 214 valence electrons. The van der Waals surface area contributed by atoms with E-state index in [4.69, 9.17) is 14.6 Å². The summed E-state index contributed by atoms with van der Waals surface area (Å²) in [6, 6.07) is 12.2. The van der Waals surface area contributed by atoms with Crippen molar-refractivity contribution >= 4 is 11.8 Å². The maximum Gasteiger partial charge on any atom is 0.320 e. The van der Waals surface area contributed by atoms with Crippen LogP contribution in [0.3, 0.4) is 0 Å². The zero-order valence-corrected chi connectivity index (χ0v) is 23.0. The Kier molecular flexibility index (Phi) is 8.50. The summed E-state index contributed by atoms with van der Waals surface area (Å²) >= 11 is 0. The van der Waals surface area contributed by atoms with Crippen molar-refractivity contribution in [1.29, 1.82) is 0 Å². The van der Waals surface area contributed by atoms with Crippen molar-refractivity contribution in [2.75, 3.05) is 45.8 Å². The number of amides is 2. The number of urea groups is 1. The molecule has 5 rings (SSSR count). The molecule has 0 aliphatic carbocycles. The van der Waals surface area contributed by atoms with Crippen LogP contribution in [0, 0.1) is 18.6 Å². The van der Waals surface area contributed by atoms with Crippen LogP contribution >= 0.6 is 0 Å². The largest absolute Gasteiger partial charge is 0.467 e. The van der Waals surface area contributed by atoms with Crippen LogP contribution in [0.5, 0.6) is 6.01 Å². The molecule has 2 unspecified atom stereocenters. The maximum atomic E-state index is 14.1. The van der Waals surface area contributed by atoms with Crippen LogP contribution in [0.1, 0.15) is 17.0 Å². The van der Waals surface area contributed by atoms with E-state index in [0.29, 0.717) is 54.4 Å². The Bertz CT molecular complexity index is 1480. The van der Waals surface area contributed by atoms with E-state index in [1.807, 2.05) is 37.3 Å². The average Bonchev–Trinajstić information content (AvgIpc) is 3.52. The SMILES string of the molecule is COCCN1CC(NC(=O)Nc2c(C)c(-c3cnc(OC)nc3)nn2-c2ccccc2)C(c2cc(F)cc(F)c2)C1. The molecular formula is C29H31F2N7O3. The highest BCUT2D eigenvalue weighted by Crippen LogP contribution is 2.32. The summed E-state index contributed by atoms with van der Waals surface area (Å²) in [4.78, 5) is 23.9. The second-order valence-electron chi connectivity index (χ2n) is 9.79. The molecule has 0 radical (unpaired) electrons. The van der Waals surface area contributed by atoms with Crippen molar-refractivity contribution < 1.29 is 23.0 Å². The van der Waals surface area contributed by atoms with Crippen LogP contribution in [0.2, 0.25) is 0 Å². The van der Waals surface area contributed by atoms with E-state index in [0.717, 1.165) is 11.8 Å². The number of benzene rings is 2. The van der Waals surface area contributed by atoms with Crippen molar-refractivity contribution in [2.45, 2.75) is 18.9 Å². The molecule has 10 nitrogen and oxygen atoms in total. The topological polar surface area (TPSA) is 106 Å². The van der Waals surface area contributed by atoms with Crippen LogP contribution in [0.25, 0.3) is 16.9 Å². The van der Waals surface area contributed by atoms with E-state index < -0.39 is 23.7 Å². The first-order valence-electron chi connectivity index (χ1n) is 13.1. The predicted molar refractivity (Wildman–Crippen MR) is 149 cm³/mol. The number of ether oxygens (including phenoxy) is 2. The molecule has 1 aliphatic rings. The fourth-order valence-electron chi connectivity index (χ4n) is 5.09. The van der Waals surface area contributed by atoms with Crippen molar-refractivity contribution in [3.63, 3.8) is 0 Å². The first-order chi connectivity index (χ1) is 19.9. The summed E-state index contributed by atoms with van der Waals surface area (Å²) < 4.78 is 40.1. The quantitative estimate of drug-likeness (QED) is 0.315. The number of para-hydroxylation sites is 1. The second kappa shape index (κ2) is 12.4. The lowest BCUT2D eigenvalue weighted by Gasteiger charge is -2.21. The minimum Gasteiger partial charge on any atom is -0.467 e. The van der Waals surface area contributed by atoms with E-state index in [1.165, 1.54) is 19.2 Å². The zero-order valence-electron chi connectivity index (χ0n) is 23.0. The summed E-state index contributed by atoms with van der Waals surface area (Å²) in [7, 11) is 3.10. The standard InChI is InChI=1S/C29H31F2N7O3/c1-18-26(20-14-32-29(41-3)33-15-20)36-38(23-7-5-4-6-8-23)27(18)35-28(39)34-25-17-37(9-10-40-2)16-24(25)19-11-21(30)13-22(31)12-19/h4-8,11-15,24-25H,9-10,16-17H2,1-3H3,(H2,34,35,39). The first kappa shape index (κ1) is 28.1. The molecule has 0 spiro atoms. The maximum absolute atomic E-state index is 14.1. The summed E-state index contributed by atoms with van der Waals surface area (Å²) in [5.74, 6) is -1.18. The highest BCUT2D eigenvalue weighted by Gasteiger charge is 2.35. The Morgan fingerprint density at radius 1 is 1.05 bits per heavy atom. The van der Waals surface area contributed by atoms with Gasteiger partial charge in [0.25, 0.3) is 0 Å². The Hall–Kier alpha value is -4.42. The third-order valence-corrected chi connectivity index (χ3v) is 7.08. The molecule has 2 aromatic carbocycles. The minimum atomic E-state index is -0.657. The molecular weight excluding hydrogens is 532 g/mol. The lowest BCUT2D eigenvalue weighted by Crippen LogP contribution is -2.42. The van der Waals surface area contributed by atoms with Gasteiger partial charge in [-0.25, -0.2) is 28.2 Å². The lowest BCUT2D eigenvalue weighted by atomic mass is 9.94. The number of carbonyl (C=O) groups excluding carboxylic acids is 1. The third-order valence-electron chi connectivity index (χ3n) is 7.08. The average molecular weight is 564 g/mol. The third kappa shape index (κ3) is 6.34. The number of carbonyl (C=O) groups is 1. The van der Waals surface area contributed by atoms with Gasteiger partial charge >= 0.3 is 12.0 Å². The number of hydrogen-bond donors (Lipinski definition) is 2. The van der Waals surface area contributed by atoms with Gasteiger partial charge in [-0.05, 0) is 36.8 Å². The Morgan fingerprint density at radius 3 is 2.41 bits per heavy atom. The van der Waals surface area contributed by atoms with Gasteiger partial charge < -0.3 is 14.8 Å². The van der Waals surface area contributed by atoms with Gasteiger partial charge in [0.2, 0.25) is 0 Å². The molecule has 2 N–H and O–H groups in total. The first-order valence-corrected chi connectivity index (χ1v) is 13.1. The Morgan fingerprint density at radius 2 is 1.76 bits per heavy atom. The van der Waals surface area contributed by atoms with Crippen LogP contribution < -0.4 is 15.4 Å². The van der Waals surface area contributed by atoms with E-state index in [9.17, 15) is 13.6 Å². The van der Waals surface area contributed by atoms with Crippen molar-refractivity contribution in [2.24, 2.45) is 0 Å². The summed E-state index contributed by atoms with van der Waals surface area (Å²) in [5.41, 5.74) is 3.17. The highest BCUT2D eigenvalue weighted by molar-refractivity contribution is 5.91. The second-order valence-corrected chi connectivity index (χ2v) is 9.79. The number of rotatable bonds is 9. The van der Waals surface area contributed by atoms with Crippen molar-refractivity contribution in [1.82, 2.24) is 30.0 Å². The molecule has 41 heavy (non-hydrogen) atoms. The van der Waals surface area contributed by atoms with E-state index >= 15 is 0 Å². The summed E-state index contributed by atoms with van der Waals surface area (Å²) in [6.45, 7) is 3.97. The van der Waals surface area contributed by atoms with E-state index in [1.54, 1.807) is 24.2 Å². The van der Waals surface area contributed by atoms with Gasteiger partial charge in [0.05, 0.1) is 25.4 Å². The van der Waals surface area contributed by atoms with Gasteiger partial charge in [-0.1, -0.05) is 18.2 Å².